The van der Waals surface area contributed by atoms with E-state index in [1.807, 2.05) is 59.3 Å². The number of thiazole rings is 1. The van der Waals surface area contributed by atoms with Gasteiger partial charge in [0.1, 0.15) is 10.7 Å². The van der Waals surface area contributed by atoms with E-state index in [1.54, 1.807) is 18.7 Å². The van der Waals surface area contributed by atoms with Gasteiger partial charge in [0, 0.05) is 23.8 Å². The van der Waals surface area contributed by atoms with Gasteiger partial charge in [-0.25, -0.2) is 15.0 Å². The molecule has 3 heterocycles. The van der Waals surface area contributed by atoms with Gasteiger partial charge in [-0.2, -0.15) is 0 Å². The lowest BCUT2D eigenvalue weighted by Gasteiger charge is -2.05. The van der Waals surface area contributed by atoms with E-state index in [2.05, 4.69) is 30.6 Å². The van der Waals surface area contributed by atoms with Crippen LogP contribution in [-0.2, 0) is 6.54 Å². The number of benzene rings is 2. The zero-order valence-electron chi connectivity index (χ0n) is 15.7. The zero-order valence-corrected chi connectivity index (χ0v) is 16.6. The fourth-order valence-electron chi connectivity index (χ4n) is 3.03. The van der Waals surface area contributed by atoms with Crippen molar-refractivity contribution < 1.29 is 4.79 Å². The van der Waals surface area contributed by atoms with Gasteiger partial charge in [-0.15, -0.1) is 0 Å². The Morgan fingerprint density at radius 3 is 2.80 bits per heavy atom. The van der Waals surface area contributed by atoms with Gasteiger partial charge in [-0.3, -0.25) is 4.79 Å². The van der Waals surface area contributed by atoms with E-state index in [9.17, 15) is 4.79 Å². The molecule has 148 valence electrons. The second-order valence-electron chi connectivity index (χ2n) is 6.55. The Hall–Kier alpha value is -3.98. The van der Waals surface area contributed by atoms with Gasteiger partial charge in [0.25, 0.3) is 5.91 Å². The summed E-state index contributed by atoms with van der Waals surface area (Å²) < 4.78 is 1.93. The van der Waals surface area contributed by atoms with E-state index in [4.69, 9.17) is 0 Å². The Kier molecular flexibility index (Phi) is 4.70. The molecule has 0 aliphatic rings. The van der Waals surface area contributed by atoms with Crippen molar-refractivity contribution in [3.8, 4) is 5.69 Å². The summed E-state index contributed by atoms with van der Waals surface area (Å²) >= 11 is 1.30. The van der Waals surface area contributed by atoms with Gasteiger partial charge < -0.3 is 20.2 Å². The third-order valence-electron chi connectivity index (χ3n) is 4.51. The van der Waals surface area contributed by atoms with Crippen molar-refractivity contribution in [3.63, 3.8) is 0 Å². The highest BCUT2D eigenvalue weighted by Gasteiger charge is 2.12. The van der Waals surface area contributed by atoms with Crippen LogP contribution in [0.5, 0.6) is 0 Å². The number of carbonyl (C=O) groups is 1. The molecule has 0 fully saturated rings. The van der Waals surface area contributed by atoms with Crippen LogP contribution in [0.15, 0.2) is 73.4 Å². The third-order valence-corrected chi connectivity index (χ3v) is 5.42. The number of hydrogen-bond donors (Lipinski definition) is 3. The number of anilines is 2. The molecule has 0 unspecified atom stereocenters. The molecule has 0 atom stereocenters. The molecule has 5 aromatic rings. The summed E-state index contributed by atoms with van der Waals surface area (Å²) in [7, 11) is 0. The van der Waals surface area contributed by atoms with Crippen molar-refractivity contribution in [2.75, 3.05) is 5.32 Å². The van der Waals surface area contributed by atoms with Crippen LogP contribution in [-0.4, -0.2) is 30.4 Å². The smallest absolute Gasteiger partial charge is 0.263 e. The van der Waals surface area contributed by atoms with E-state index < -0.39 is 0 Å². The van der Waals surface area contributed by atoms with Crippen molar-refractivity contribution in [1.29, 1.82) is 0 Å². The lowest BCUT2D eigenvalue weighted by atomic mass is 10.3. The topological polar surface area (TPSA) is 101 Å². The number of amides is 1. The fraction of sp³-hybridized carbons (Fsp3) is 0.0476. The van der Waals surface area contributed by atoms with Crippen LogP contribution in [0.4, 0.5) is 10.8 Å². The van der Waals surface area contributed by atoms with E-state index in [1.165, 1.54) is 11.3 Å². The molecule has 2 aromatic carbocycles. The Morgan fingerprint density at radius 1 is 1.13 bits per heavy atom. The van der Waals surface area contributed by atoms with E-state index in [-0.39, 0.29) is 5.91 Å². The first-order valence-corrected chi connectivity index (χ1v) is 10.1. The molecule has 5 rings (SSSR count). The normalized spacial score (nSPS) is 10.9. The van der Waals surface area contributed by atoms with Crippen molar-refractivity contribution in [2.45, 2.75) is 6.54 Å². The van der Waals surface area contributed by atoms with Crippen LogP contribution in [0.2, 0.25) is 0 Å². The first kappa shape index (κ1) is 18.1. The molecule has 0 spiro atoms. The summed E-state index contributed by atoms with van der Waals surface area (Å²) in [4.78, 5) is 29.0. The molecule has 8 nitrogen and oxygen atoms in total. The maximum Gasteiger partial charge on any atom is 0.263 e. The van der Waals surface area contributed by atoms with Gasteiger partial charge >= 0.3 is 0 Å². The number of nitrogens with one attached hydrogen (secondary N) is 3. The Bertz CT molecular complexity index is 1260. The molecule has 9 heteroatoms. The highest BCUT2D eigenvalue weighted by molar-refractivity contribution is 7.17. The van der Waals surface area contributed by atoms with Crippen LogP contribution in [0, 0.1) is 0 Å². The van der Waals surface area contributed by atoms with Gasteiger partial charge in [0.15, 0.2) is 5.13 Å². The molecular weight excluding hydrogens is 398 g/mol. The van der Waals surface area contributed by atoms with Crippen molar-refractivity contribution >= 4 is 39.1 Å². The maximum absolute atomic E-state index is 12.5. The predicted octanol–water partition coefficient (Wildman–Crippen LogP) is 3.88. The molecular formula is C21H17N7OS. The summed E-state index contributed by atoms with van der Waals surface area (Å²) in [5.74, 6) is 0.529. The van der Waals surface area contributed by atoms with Gasteiger partial charge in [0.05, 0.1) is 30.1 Å². The molecule has 0 saturated heterocycles. The lowest BCUT2D eigenvalue weighted by Crippen LogP contribution is -2.22. The molecule has 1 amide bonds. The van der Waals surface area contributed by atoms with E-state index in [0.29, 0.717) is 22.4 Å². The number of rotatable bonds is 6. The zero-order chi connectivity index (χ0) is 20.3. The summed E-state index contributed by atoms with van der Waals surface area (Å²) in [6.07, 6.45) is 6.95. The number of H-pyrrole nitrogens is 1. The Labute approximate surface area is 175 Å². The fourth-order valence-corrected chi connectivity index (χ4v) is 3.78. The number of para-hydroxylation sites is 2. The second-order valence-corrected chi connectivity index (χ2v) is 7.59. The predicted molar refractivity (Wildman–Crippen MR) is 116 cm³/mol. The maximum atomic E-state index is 12.5. The van der Waals surface area contributed by atoms with Gasteiger partial charge in [0.2, 0.25) is 0 Å². The summed E-state index contributed by atoms with van der Waals surface area (Å²) in [6.45, 7) is 0.323. The number of aromatic amines is 1. The van der Waals surface area contributed by atoms with Crippen LogP contribution in [0.25, 0.3) is 16.7 Å². The number of hydrogen-bond acceptors (Lipinski definition) is 6. The lowest BCUT2D eigenvalue weighted by molar-refractivity contribution is 0.0954. The molecule has 0 saturated carbocycles. The third kappa shape index (κ3) is 3.78. The summed E-state index contributed by atoms with van der Waals surface area (Å²) in [5.41, 5.74) is 3.74. The van der Waals surface area contributed by atoms with Gasteiger partial charge in [-0.05, 0) is 36.4 Å². The summed E-state index contributed by atoms with van der Waals surface area (Å²) in [5, 5.41) is 6.76. The average molecular weight is 415 g/mol. The molecule has 3 N–H and O–H groups in total. The minimum absolute atomic E-state index is 0.184. The Morgan fingerprint density at radius 2 is 2.00 bits per heavy atom. The van der Waals surface area contributed by atoms with Gasteiger partial charge in [-0.1, -0.05) is 23.5 Å². The molecule has 0 aliphatic heterocycles. The number of imidazole rings is 2. The highest BCUT2D eigenvalue weighted by atomic mass is 32.1. The number of nitrogens with zero attached hydrogens (tertiary/aromatic N) is 4. The standard InChI is InChI=1S/C21H17N7OS/c29-20(23-12-19-26-16-3-1-2-4-17(16)27-19)18-11-24-21(30-18)25-14-5-7-15(8-6-14)28-10-9-22-13-28/h1-11,13H,12H2,(H,23,29)(H,24,25)(H,26,27). The second kappa shape index (κ2) is 7.80. The van der Waals surface area contributed by atoms with Crippen molar-refractivity contribution in [2.24, 2.45) is 0 Å². The summed E-state index contributed by atoms with van der Waals surface area (Å²) in [6, 6.07) is 15.6. The van der Waals surface area contributed by atoms with Crippen LogP contribution in [0.1, 0.15) is 15.5 Å². The van der Waals surface area contributed by atoms with E-state index in [0.717, 1.165) is 22.4 Å². The van der Waals surface area contributed by atoms with Crippen LogP contribution in [0.3, 0.4) is 0 Å². The average Bonchev–Trinajstić information content (AvgIpc) is 3.52. The minimum Gasteiger partial charge on any atom is -0.344 e. The largest absolute Gasteiger partial charge is 0.344 e. The molecule has 0 aliphatic carbocycles. The SMILES string of the molecule is O=C(NCc1nc2ccccc2[nH]1)c1cnc(Nc2ccc(-n3ccnc3)cc2)s1. The molecule has 30 heavy (non-hydrogen) atoms. The quantitative estimate of drug-likeness (QED) is 0.391. The van der Waals surface area contributed by atoms with E-state index >= 15 is 0 Å². The monoisotopic (exact) mass is 415 g/mol. The number of carbonyl (C=O) groups excluding carboxylic acids is 1. The van der Waals surface area contributed by atoms with Crippen LogP contribution < -0.4 is 10.6 Å². The first-order valence-electron chi connectivity index (χ1n) is 9.28. The molecule has 0 radical (unpaired) electrons. The van der Waals surface area contributed by atoms with Crippen molar-refractivity contribution in [1.82, 2.24) is 29.8 Å². The molecule has 3 aromatic heterocycles. The highest BCUT2D eigenvalue weighted by Crippen LogP contribution is 2.23. The Balaban J connectivity index is 1.21. The van der Waals surface area contributed by atoms with Crippen LogP contribution >= 0.6 is 11.3 Å². The first-order chi connectivity index (χ1) is 14.7. The number of fused-ring (bicyclic) bond motifs is 1. The molecule has 0 bridgehead atoms. The number of aromatic nitrogens is 5. The minimum atomic E-state index is -0.184. The van der Waals surface area contributed by atoms with Crippen molar-refractivity contribution in [3.05, 3.63) is 84.2 Å².